The first-order chi connectivity index (χ1) is 10.1. The Morgan fingerprint density at radius 2 is 1.33 bits per heavy atom. The number of unbranched alkanes of at least 4 members (excludes halogenated alkanes) is 2. The van der Waals surface area contributed by atoms with E-state index < -0.39 is 29.7 Å². The molecule has 0 aliphatic heterocycles. The zero-order valence-corrected chi connectivity index (χ0v) is 18.6. The van der Waals surface area contributed by atoms with Gasteiger partial charge in [0.1, 0.15) is 0 Å². The van der Waals surface area contributed by atoms with Gasteiger partial charge in [0.05, 0.1) is 0 Å². The summed E-state index contributed by atoms with van der Waals surface area (Å²) in [5, 5.41) is 0. The first-order valence-electron chi connectivity index (χ1n) is 7.73. The van der Waals surface area contributed by atoms with Gasteiger partial charge in [-0.2, -0.15) is 0 Å². The van der Waals surface area contributed by atoms with E-state index in [1.165, 1.54) is 34.6 Å². The second-order valence-corrected chi connectivity index (χ2v) is 13.1. The summed E-state index contributed by atoms with van der Waals surface area (Å²) in [5.74, 6) is 0.0339. The summed E-state index contributed by atoms with van der Waals surface area (Å²) in [7, 11) is 3.05. The van der Waals surface area contributed by atoms with Gasteiger partial charge in [-0.3, -0.25) is 0 Å². The van der Waals surface area contributed by atoms with E-state index in [0.717, 1.165) is 0 Å². The molecule has 0 aliphatic rings. The van der Waals surface area contributed by atoms with Crippen molar-refractivity contribution in [1.29, 1.82) is 0 Å². The van der Waals surface area contributed by atoms with Gasteiger partial charge in [0.25, 0.3) is 0 Å². The smallest absolute Gasteiger partial charge is 0.379 e. The standard InChI is InChI=1S/2C4H9.C3H10O3Si.C3H6O2.Sn/c2*1-3-4-2;1-4-7(5-2)6-3;1-2-3(4)5;/h2*1,3-4H2,2H3;7H,1-3H3;2H2,1H3,(H,4,5);/q;;;;+1/p-1. The number of hydrogen-bond acceptors (Lipinski definition) is 5. The average Bonchev–Trinajstić information content (AvgIpc) is 2.52. The third-order valence-corrected chi connectivity index (χ3v) is 10.6. The van der Waals surface area contributed by atoms with Gasteiger partial charge in [-0.25, -0.2) is 0 Å². The predicted molar refractivity (Wildman–Crippen MR) is 89.7 cm³/mol. The largest absolute Gasteiger partial charge is 0.483 e. The Kier molecular flexibility index (Phi) is 20.7. The van der Waals surface area contributed by atoms with Crippen molar-refractivity contribution >= 4 is 35.7 Å². The molecular weight excluding hydrogens is 395 g/mol. The molecule has 0 amide bonds. The Bertz CT molecular complexity index is 214. The third-order valence-electron chi connectivity index (χ3n) is 2.74. The molecule has 1 radical (unpaired) electrons. The molecule has 0 spiro atoms. The van der Waals surface area contributed by atoms with Crippen LogP contribution in [0.5, 0.6) is 0 Å². The number of hydrogen-bond donors (Lipinski definition) is 0. The van der Waals surface area contributed by atoms with Crippen molar-refractivity contribution in [3.05, 3.63) is 0 Å². The van der Waals surface area contributed by atoms with E-state index >= 15 is 0 Å². The van der Waals surface area contributed by atoms with Crippen LogP contribution in [0.2, 0.25) is 8.87 Å². The molecule has 0 bridgehead atoms. The molecule has 0 rings (SSSR count). The van der Waals surface area contributed by atoms with E-state index in [9.17, 15) is 4.79 Å². The molecule has 5 nitrogen and oxygen atoms in total. The van der Waals surface area contributed by atoms with E-state index in [-0.39, 0.29) is 5.97 Å². The van der Waals surface area contributed by atoms with Gasteiger partial charge in [-0.1, -0.05) is 0 Å². The number of carbonyl (C=O) groups is 1. The maximum Gasteiger partial charge on any atom is 0.483 e. The minimum atomic E-state index is -1.76. The van der Waals surface area contributed by atoms with E-state index in [1.54, 1.807) is 21.3 Å². The zero-order valence-electron chi connectivity index (χ0n) is 14.6. The van der Waals surface area contributed by atoms with Gasteiger partial charge in [-0.05, 0) is 0 Å². The minimum Gasteiger partial charge on any atom is -0.379 e. The maximum atomic E-state index is 11.2. The second-order valence-electron chi connectivity index (χ2n) is 4.57. The molecule has 0 aromatic carbocycles. The molecule has 127 valence electrons. The summed E-state index contributed by atoms with van der Waals surface area (Å²) in [6, 6.07) is 0. The van der Waals surface area contributed by atoms with Crippen LogP contribution >= 0.6 is 0 Å². The van der Waals surface area contributed by atoms with Crippen molar-refractivity contribution in [1.82, 2.24) is 0 Å². The molecule has 0 N–H and O–H groups in total. The third kappa shape index (κ3) is 16.6. The summed E-state index contributed by atoms with van der Waals surface area (Å²) >= 11 is -1.76. The summed E-state index contributed by atoms with van der Waals surface area (Å²) in [6.45, 7) is 6.27. The first-order valence-corrected chi connectivity index (χ1v) is 14.3. The van der Waals surface area contributed by atoms with Crippen molar-refractivity contribution in [2.24, 2.45) is 0 Å². The summed E-state index contributed by atoms with van der Waals surface area (Å²) in [4.78, 5) is 11.2. The Morgan fingerprint density at radius 1 is 0.905 bits per heavy atom. The number of rotatable bonds is 11. The van der Waals surface area contributed by atoms with E-state index in [0.29, 0.717) is 6.42 Å². The van der Waals surface area contributed by atoms with Crippen LogP contribution in [0.15, 0.2) is 0 Å². The normalized spacial score (nSPS) is 10.5. The van der Waals surface area contributed by atoms with E-state index in [4.69, 9.17) is 16.4 Å². The molecule has 0 aromatic rings. The fourth-order valence-corrected chi connectivity index (χ4v) is 8.97. The number of carbonyl (C=O) groups excluding carboxylic acids is 1. The van der Waals surface area contributed by atoms with Gasteiger partial charge in [0, 0.05) is 21.3 Å². The molecule has 0 aliphatic carbocycles. The Hall–Kier alpha value is 0.366. The van der Waals surface area contributed by atoms with Crippen molar-refractivity contribution in [3.63, 3.8) is 0 Å². The van der Waals surface area contributed by atoms with Crippen LogP contribution in [-0.2, 0) is 21.1 Å². The molecule has 0 saturated heterocycles. The Labute approximate surface area is 139 Å². The van der Waals surface area contributed by atoms with E-state index in [2.05, 4.69) is 13.8 Å². The summed E-state index contributed by atoms with van der Waals surface area (Å²) < 4.78 is 22.2. The van der Waals surface area contributed by atoms with Crippen LogP contribution in [0.4, 0.5) is 0 Å². The van der Waals surface area contributed by atoms with Gasteiger partial charge in [-0.15, -0.1) is 0 Å². The molecular formula is C14H33O5SiSn. The van der Waals surface area contributed by atoms with Crippen molar-refractivity contribution < 1.29 is 21.1 Å². The topological polar surface area (TPSA) is 54.0 Å². The SMILES string of the molecule is CCC[CH2][Sn]([CH2]CCC)[O]C(=O)CC.CO[SiH](OC)OC. The van der Waals surface area contributed by atoms with E-state index in [1.807, 2.05) is 6.92 Å². The minimum absolute atomic E-state index is 0.0339. The van der Waals surface area contributed by atoms with Crippen molar-refractivity contribution in [2.45, 2.75) is 61.7 Å². The average molecular weight is 428 g/mol. The van der Waals surface area contributed by atoms with Crippen molar-refractivity contribution in [2.75, 3.05) is 21.3 Å². The van der Waals surface area contributed by atoms with Gasteiger partial charge >= 0.3 is 105 Å². The molecule has 7 heteroatoms. The fraction of sp³-hybridized carbons (Fsp3) is 0.929. The van der Waals surface area contributed by atoms with Gasteiger partial charge < -0.3 is 13.3 Å². The monoisotopic (exact) mass is 429 g/mol. The molecule has 0 unspecified atom stereocenters. The predicted octanol–water partition coefficient (Wildman–Crippen LogP) is 3.17. The van der Waals surface area contributed by atoms with Crippen LogP contribution in [0.25, 0.3) is 0 Å². The quantitative estimate of drug-likeness (QED) is 0.474. The molecule has 0 fully saturated rings. The Balaban J connectivity index is 0. The van der Waals surface area contributed by atoms with Crippen LogP contribution in [0.3, 0.4) is 0 Å². The molecule has 21 heavy (non-hydrogen) atoms. The summed E-state index contributed by atoms with van der Waals surface area (Å²) in [6.07, 6.45) is 5.48. The molecule has 0 saturated carbocycles. The van der Waals surface area contributed by atoms with Gasteiger partial charge in [0.2, 0.25) is 0 Å². The zero-order chi connectivity index (χ0) is 16.5. The van der Waals surface area contributed by atoms with Crippen LogP contribution < -0.4 is 0 Å². The van der Waals surface area contributed by atoms with Crippen molar-refractivity contribution in [3.8, 4) is 0 Å². The van der Waals surface area contributed by atoms with Gasteiger partial charge in [0.15, 0.2) is 0 Å². The molecule has 0 aromatic heterocycles. The van der Waals surface area contributed by atoms with Crippen LogP contribution in [0.1, 0.15) is 52.9 Å². The maximum absolute atomic E-state index is 11.2. The second kappa shape index (κ2) is 18.4. The fourth-order valence-electron chi connectivity index (χ4n) is 1.50. The Morgan fingerprint density at radius 3 is 1.57 bits per heavy atom. The van der Waals surface area contributed by atoms with Crippen LogP contribution in [-0.4, -0.2) is 57.0 Å². The first kappa shape index (κ1) is 23.6. The molecule has 0 atom stereocenters. The summed E-state index contributed by atoms with van der Waals surface area (Å²) in [5.41, 5.74) is 0. The van der Waals surface area contributed by atoms with Crippen LogP contribution in [0, 0.1) is 0 Å². The molecule has 0 heterocycles.